The molecule has 0 aliphatic carbocycles. The zero-order valence-corrected chi connectivity index (χ0v) is 24.0. The number of rotatable bonds is 11. The standard InChI is InChI=1S/C28H25ClF4N8O3/c1-4-43-26(42)19(16(2)44-15-24-35-8-10-40(24)3)11-17(13-34)20-14-36-27(37-18-5-6-22(30)21(29)12-18)38-25(20)41-9-7-23(39-41)28(31,32)33/h5-14H,2,4,15,34H2,1,3H3,(H,36,37,38)/b17-13+,19-11+. The molecule has 16 heteroatoms. The van der Waals surface area contributed by atoms with E-state index in [0.717, 1.165) is 29.2 Å². The number of hydrogen-bond donors (Lipinski definition) is 2. The number of hydrogen-bond acceptors (Lipinski definition) is 9. The van der Waals surface area contributed by atoms with Gasteiger partial charge >= 0.3 is 12.1 Å². The first-order chi connectivity index (χ1) is 20.9. The molecule has 0 saturated heterocycles. The molecule has 0 unspecified atom stereocenters. The van der Waals surface area contributed by atoms with Crippen molar-refractivity contribution in [1.29, 1.82) is 0 Å². The monoisotopic (exact) mass is 632 g/mol. The van der Waals surface area contributed by atoms with Crippen LogP contribution in [0.15, 0.2) is 79.2 Å². The fourth-order valence-electron chi connectivity index (χ4n) is 3.71. The van der Waals surface area contributed by atoms with Crippen LogP contribution in [0.5, 0.6) is 0 Å². The summed E-state index contributed by atoms with van der Waals surface area (Å²) in [5, 5.41) is 6.26. The number of imidazole rings is 1. The molecule has 0 spiro atoms. The molecular formula is C28H25ClF4N8O3. The maximum Gasteiger partial charge on any atom is 0.435 e. The largest absolute Gasteiger partial charge is 0.485 e. The van der Waals surface area contributed by atoms with Gasteiger partial charge in [0.2, 0.25) is 5.95 Å². The average molecular weight is 633 g/mol. The van der Waals surface area contributed by atoms with E-state index < -0.39 is 23.7 Å². The van der Waals surface area contributed by atoms with Crippen LogP contribution in [0.3, 0.4) is 0 Å². The molecule has 0 aliphatic rings. The van der Waals surface area contributed by atoms with Crippen LogP contribution in [0.2, 0.25) is 5.02 Å². The summed E-state index contributed by atoms with van der Waals surface area (Å²) in [6.07, 6.45) is 3.21. The van der Waals surface area contributed by atoms with Gasteiger partial charge in [0.05, 0.1) is 11.6 Å². The molecule has 3 heterocycles. The third-order valence-corrected chi connectivity index (χ3v) is 6.21. The highest BCUT2D eigenvalue weighted by atomic mass is 35.5. The first kappa shape index (κ1) is 31.7. The first-order valence-corrected chi connectivity index (χ1v) is 13.1. The van der Waals surface area contributed by atoms with E-state index in [1.54, 1.807) is 30.9 Å². The molecule has 0 fully saturated rings. The summed E-state index contributed by atoms with van der Waals surface area (Å²) in [5.74, 6) is -1.24. The molecule has 0 amide bonds. The van der Waals surface area contributed by atoms with E-state index in [-0.39, 0.29) is 52.5 Å². The lowest BCUT2D eigenvalue weighted by atomic mass is 10.0. The van der Waals surface area contributed by atoms with Gasteiger partial charge in [-0.3, -0.25) is 0 Å². The number of nitrogens with two attached hydrogens (primary N) is 1. The minimum Gasteiger partial charge on any atom is -0.485 e. The number of nitrogens with zero attached hydrogens (tertiary/aromatic N) is 6. The Morgan fingerprint density at radius 2 is 1.98 bits per heavy atom. The van der Waals surface area contributed by atoms with E-state index in [2.05, 4.69) is 31.9 Å². The molecule has 3 aromatic heterocycles. The minimum absolute atomic E-state index is 0.0279. The normalized spacial score (nSPS) is 12.2. The highest BCUT2D eigenvalue weighted by Gasteiger charge is 2.34. The third-order valence-electron chi connectivity index (χ3n) is 5.92. The van der Waals surface area contributed by atoms with Gasteiger partial charge in [-0.1, -0.05) is 18.2 Å². The molecule has 4 aromatic rings. The second-order valence-electron chi connectivity index (χ2n) is 8.89. The third kappa shape index (κ3) is 7.42. The zero-order chi connectivity index (χ0) is 32.0. The number of carbonyl (C=O) groups excluding carboxylic acids is 1. The van der Waals surface area contributed by atoms with Gasteiger partial charge < -0.3 is 25.1 Å². The van der Waals surface area contributed by atoms with Crippen LogP contribution in [0.1, 0.15) is 24.0 Å². The Morgan fingerprint density at radius 3 is 2.59 bits per heavy atom. The van der Waals surface area contributed by atoms with Crippen LogP contribution in [0.25, 0.3) is 11.4 Å². The number of aromatic nitrogens is 6. The molecule has 0 atom stereocenters. The SMILES string of the molecule is C=C(OCc1nccn1C)/C(=C\C(=C/N)c1cnc(Nc2ccc(F)c(Cl)c2)nc1-n1ccc(C(F)(F)F)n1)C(=O)OCC. The first-order valence-electron chi connectivity index (χ1n) is 12.7. The quantitative estimate of drug-likeness (QED) is 0.0725. The molecule has 0 radical (unpaired) electrons. The van der Waals surface area contributed by atoms with E-state index in [1.807, 2.05) is 0 Å². The highest BCUT2D eigenvalue weighted by molar-refractivity contribution is 6.31. The summed E-state index contributed by atoms with van der Waals surface area (Å²) >= 11 is 5.86. The lowest BCUT2D eigenvalue weighted by molar-refractivity contribution is -0.141. The van der Waals surface area contributed by atoms with Crippen molar-refractivity contribution >= 4 is 34.8 Å². The predicted molar refractivity (Wildman–Crippen MR) is 153 cm³/mol. The van der Waals surface area contributed by atoms with Crippen molar-refractivity contribution in [3.63, 3.8) is 0 Å². The van der Waals surface area contributed by atoms with Crippen LogP contribution in [-0.2, 0) is 34.1 Å². The number of benzene rings is 1. The van der Waals surface area contributed by atoms with E-state index >= 15 is 0 Å². The summed E-state index contributed by atoms with van der Waals surface area (Å²) in [4.78, 5) is 25.6. The van der Waals surface area contributed by atoms with Crippen LogP contribution >= 0.6 is 11.6 Å². The summed E-state index contributed by atoms with van der Waals surface area (Å²) in [6.45, 7) is 5.44. The number of allylic oxidation sites excluding steroid dienone is 2. The van der Waals surface area contributed by atoms with Crippen LogP contribution in [0, 0.1) is 5.82 Å². The highest BCUT2D eigenvalue weighted by Crippen LogP contribution is 2.31. The summed E-state index contributed by atoms with van der Waals surface area (Å²) in [5.41, 5.74) is 5.08. The number of carbonyl (C=O) groups is 1. The van der Waals surface area contributed by atoms with Gasteiger partial charge in [0, 0.05) is 54.9 Å². The van der Waals surface area contributed by atoms with Gasteiger partial charge in [-0.2, -0.15) is 23.3 Å². The van der Waals surface area contributed by atoms with Crippen molar-refractivity contribution in [2.45, 2.75) is 19.7 Å². The summed E-state index contributed by atoms with van der Waals surface area (Å²) < 4.78 is 67.3. The van der Waals surface area contributed by atoms with E-state index in [1.165, 1.54) is 24.4 Å². The molecule has 0 bridgehead atoms. The molecule has 4 rings (SSSR count). The maximum absolute atomic E-state index is 13.6. The Balaban J connectivity index is 1.78. The van der Waals surface area contributed by atoms with Crippen LogP contribution < -0.4 is 11.1 Å². The van der Waals surface area contributed by atoms with E-state index in [9.17, 15) is 22.4 Å². The van der Waals surface area contributed by atoms with Gasteiger partial charge in [-0.25, -0.2) is 23.8 Å². The molecule has 44 heavy (non-hydrogen) atoms. The van der Waals surface area contributed by atoms with Gasteiger partial charge in [0.25, 0.3) is 0 Å². The summed E-state index contributed by atoms with van der Waals surface area (Å²) in [6, 6.07) is 4.52. The Hall–Kier alpha value is -5.18. The van der Waals surface area contributed by atoms with Crippen molar-refractivity contribution in [3.8, 4) is 5.82 Å². The van der Waals surface area contributed by atoms with Crippen molar-refractivity contribution in [3.05, 3.63) is 107 Å². The van der Waals surface area contributed by atoms with Crippen molar-refractivity contribution in [2.75, 3.05) is 11.9 Å². The minimum atomic E-state index is -4.74. The fourth-order valence-corrected chi connectivity index (χ4v) is 3.89. The molecule has 0 saturated carbocycles. The number of halogens is 5. The van der Waals surface area contributed by atoms with Gasteiger partial charge in [-0.15, -0.1) is 0 Å². The number of nitrogens with one attached hydrogen (secondary N) is 1. The van der Waals surface area contributed by atoms with E-state index in [0.29, 0.717) is 11.5 Å². The number of aryl methyl sites for hydroxylation is 1. The number of alkyl halides is 3. The van der Waals surface area contributed by atoms with Gasteiger partial charge in [0.15, 0.2) is 11.5 Å². The second kappa shape index (κ2) is 13.4. The van der Waals surface area contributed by atoms with E-state index in [4.69, 9.17) is 26.8 Å². The lowest BCUT2D eigenvalue weighted by Gasteiger charge is -2.15. The molecule has 1 aromatic carbocycles. The molecule has 11 nitrogen and oxygen atoms in total. The average Bonchev–Trinajstić information content (AvgIpc) is 3.64. The molecular weight excluding hydrogens is 608 g/mol. The van der Waals surface area contributed by atoms with Crippen LogP contribution in [-0.4, -0.2) is 41.9 Å². The predicted octanol–water partition coefficient (Wildman–Crippen LogP) is 5.47. The number of esters is 1. The van der Waals surface area contributed by atoms with Gasteiger partial charge in [0.1, 0.15) is 29.6 Å². The number of anilines is 2. The zero-order valence-electron chi connectivity index (χ0n) is 23.3. The lowest BCUT2D eigenvalue weighted by Crippen LogP contribution is -2.13. The maximum atomic E-state index is 13.6. The molecule has 230 valence electrons. The fraction of sp³-hybridized carbons (Fsp3) is 0.179. The van der Waals surface area contributed by atoms with Crippen molar-refractivity contribution < 1.29 is 31.8 Å². The number of ether oxygens (including phenoxy) is 2. The topological polar surface area (TPSA) is 135 Å². The Morgan fingerprint density at radius 1 is 1.20 bits per heavy atom. The molecule has 3 N–H and O–H groups in total. The summed E-state index contributed by atoms with van der Waals surface area (Å²) in [7, 11) is 1.76. The Bertz CT molecular complexity index is 1750. The van der Waals surface area contributed by atoms with Crippen LogP contribution in [0.4, 0.5) is 29.2 Å². The van der Waals surface area contributed by atoms with Crippen molar-refractivity contribution in [2.24, 2.45) is 12.8 Å². The Kier molecular flexibility index (Phi) is 9.68. The van der Waals surface area contributed by atoms with Crippen molar-refractivity contribution in [1.82, 2.24) is 29.3 Å². The van der Waals surface area contributed by atoms with Gasteiger partial charge in [-0.05, 0) is 37.3 Å². The Labute approximate surface area is 253 Å². The second-order valence-corrected chi connectivity index (χ2v) is 9.30. The molecule has 0 aliphatic heterocycles. The smallest absolute Gasteiger partial charge is 0.435 e.